The number of benzene rings is 2. The maximum atomic E-state index is 12.0. The molecule has 0 aliphatic rings. The average Bonchev–Trinajstić information content (AvgIpc) is 2.48. The van der Waals surface area contributed by atoms with Crippen LogP contribution >= 0.6 is 23.2 Å². The zero-order valence-corrected chi connectivity index (χ0v) is 13.6. The molecule has 1 amide bonds. The van der Waals surface area contributed by atoms with Gasteiger partial charge in [-0.25, -0.2) is 0 Å². The van der Waals surface area contributed by atoms with Crippen LogP contribution in [0.15, 0.2) is 42.5 Å². The molecule has 0 heterocycles. The Bertz CT molecular complexity index is 804. The van der Waals surface area contributed by atoms with Crippen LogP contribution in [0.4, 0.5) is 11.4 Å². The zero-order valence-electron chi connectivity index (χ0n) is 12.0. The van der Waals surface area contributed by atoms with Crippen molar-refractivity contribution in [3.63, 3.8) is 0 Å². The molecule has 0 radical (unpaired) electrons. The highest BCUT2D eigenvalue weighted by Crippen LogP contribution is 2.23. The first-order valence-corrected chi connectivity index (χ1v) is 7.31. The number of non-ortho nitro benzene ring substituents is 1. The molecule has 0 unspecified atom stereocenters. The Morgan fingerprint density at radius 3 is 2.61 bits per heavy atom. The van der Waals surface area contributed by atoms with Crippen LogP contribution in [-0.4, -0.2) is 10.8 Å². The fraction of sp³-hybridized carbons (Fsp3) is 0.0625. The molecule has 1 N–H and O–H groups in total. The molecule has 0 aromatic heterocycles. The third kappa shape index (κ3) is 4.55. The second kappa shape index (κ2) is 7.26. The summed E-state index contributed by atoms with van der Waals surface area (Å²) in [5, 5.41) is 14.3. The molecule has 0 bridgehead atoms. The molecule has 5 nitrogen and oxygen atoms in total. The first-order valence-electron chi connectivity index (χ1n) is 6.56. The molecule has 0 atom stereocenters. The van der Waals surface area contributed by atoms with Crippen molar-refractivity contribution in [2.45, 2.75) is 6.92 Å². The summed E-state index contributed by atoms with van der Waals surface area (Å²) in [5.41, 5.74) is 1.66. The van der Waals surface area contributed by atoms with Crippen LogP contribution < -0.4 is 5.32 Å². The van der Waals surface area contributed by atoms with Crippen LogP contribution in [0.25, 0.3) is 6.08 Å². The lowest BCUT2D eigenvalue weighted by atomic mass is 10.1. The first kappa shape index (κ1) is 17.0. The number of hydrogen-bond acceptors (Lipinski definition) is 3. The van der Waals surface area contributed by atoms with Gasteiger partial charge in [-0.1, -0.05) is 35.3 Å². The van der Waals surface area contributed by atoms with Gasteiger partial charge in [0.1, 0.15) is 0 Å². The van der Waals surface area contributed by atoms with Crippen molar-refractivity contribution in [3.05, 3.63) is 73.8 Å². The van der Waals surface area contributed by atoms with Crippen molar-refractivity contribution in [1.29, 1.82) is 0 Å². The molecule has 23 heavy (non-hydrogen) atoms. The quantitative estimate of drug-likeness (QED) is 0.486. The third-order valence-electron chi connectivity index (χ3n) is 3.07. The summed E-state index contributed by atoms with van der Waals surface area (Å²) in [4.78, 5) is 22.2. The second-order valence-electron chi connectivity index (χ2n) is 4.74. The standard InChI is InChI=1S/C16H12Cl2N2O3/c1-10-2-6-13(20(22)23)9-15(10)19-16(21)7-4-11-3-5-12(17)8-14(11)18/h2-9H,1H3,(H,19,21). The van der Waals surface area contributed by atoms with Gasteiger partial charge in [0.2, 0.25) is 5.91 Å². The Balaban J connectivity index is 2.14. The van der Waals surface area contributed by atoms with Crippen LogP contribution in [0.2, 0.25) is 10.0 Å². The van der Waals surface area contributed by atoms with Crippen LogP contribution in [0, 0.1) is 17.0 Å². The minimum Gasteiger partial charge on any atom is -0.322 e. The fourth-order valence-electron chi connectivity index (χ4n) is 1.83. The molecule has 2 aromatic rings. The minimum absolute atomic E-state index is 0.0874. The van der Waals surface area contributed by atoms with E-state index in [0.717, 1.165) is 5.56 Å². The topological polar surface area (TPSA) is 72.2 Å². The Hall–Kier alpha value is -2.37. The predicted octanol–water partition coefficient (Wildman–Crippen LogP) is 4.86. The van der Waals surface area contributed by atoms with Crippen LogP contribution in [0.3, 0.4) is 0 Å². The third-order valence-corrected chi connectivity index (χ3v) is 3.63. The molecule has 7 heteroatoms. The number of amides is 1. The summed E-state index contributed by atoms with van der Waals surface area (Å²) in [6.07, 6.45) is 2.84. The Labute approximate surface area is 142 Å². The number of halogens is 2. The number of rotatable bonds is 4. The highest BCUT2D eigenvalue weighted by atomic mass is 35.5. The SMILES string of the molecule is Cc1ccc([N+](=O)[O-])cc1NC(=O)C=Cc1ccc(Cl)cc1Cl. The summed E-state index contributed by atoms with van der Waals surface area (Å²) in [7, 11) is 0. The van der Waals surface area contributed by atoms with Gasteiger partial charge in [-0.2, -0.15) is 0 Å². The van der Waals surface area contributed by atoms with E-state index in [0.29, 0.717) is 21.3 Å². The van der Waals surface area contributed by atoms with Crippen molar-refractivity contribution in [3.8, 4) is 0 Å². The fourth-order valence-corrected chi connectivity index (χ4v) is 2.31. The first-order chi connectivity index (χ1) is 10.9. The van der Waals surface area contributed by atoms with Crippen molar-refractivity contribution in [1.82, 2.24) is 0 Å². The number of carbonyl (C=O) groups is 1. The second-order valence-corrected chi connectivity index (χ2v) is 5.59. The van der Waals surface area contributed by atoms with Crippen LogP contribution in [0.5, 0.6) is 0 Å². The number of nitrogens with zero attached hydrogens (tertiary/aromatic N) is 1. The molecular weight excluding hydrogens is 339 g/mol. The van der Waals surface area contributed by atoms with E-state index in [2.05, 4.69) is 5.32 Å². The van der Waals surface area contributed by atoms with Gasteiger partial charge < -0.3 is 5.32 Å². The van der Waals surface area contributed by atoms with E-state index in [1.165, 1.54) is 18.2 Å². The van der Waals surface area contributed by atoms with E-state index in [4.69, 9.17) is 23.2 Å². The number of nitrogens with one attached hydrogen (secondary N) is 1. The summed E-state index contributed by atoms with van der Waals surface area (Å²) >= 11 is 11.8. The number of nitro benzene ring substituents is 1. The molecule has 0 saturated carbocycles. The monoisotopic (exact) mass is 350 g/mol. The molecular formula is C16H12Cl2N2O3. The van der Waals surface area contributed by atoms with Crippen LogP contribution in [-0.2, 0) is 4.79 Å². The summed E-state index contributed by atoms with van der Waals surface area (Å²) < 4.78 is 0. The zero-order chi connectivity index (χ0) is 17.0. The maximum absolute atomic E-state index is 12.0. The van der Waals surface area contributed by atoms with Gasteiger partial charge in [0.05, 0.1) is 10.6 Å². The van der Waals surface area contributed by atoms with Gasteiger partial charge in [0.15, 0.2) is 0 Å². The molecule has 118 valence electrons. The van der Waals surface area contributed by atoms with Crippen molar-refractivity contribution < 1.29 is 9.72 Å². The smallest absolute Gasteiger partial charge is 0.271 e. The van der Waals surface area contributed by atoms with Gasteiger partial charge in [-0.05, 0) is 36.3 Å². The van der Waals surface area contributed by atoms with Gasteiger partial charge in [-0.15, -0.1) is 0 Å². The molecule has 0 saturated heterocycles. The van der Waals surface area contributed by atoms with Gasteiger partial charge >= 0.3 is 0 Å². The molecule has 0 fully saturated rings. The van der Waals surface area contributed by atoms with E-state index in [1.54, 1.807) is 37.3 Å². The minimum atomic E-state index is -0.515. The van der Waals surface area contributed by atoms with E-state index in [-0.39, 0.29) is 5.69 Å². The Morgan fingerprint density at radius 1 is 1.22 bits per heavy atom. The largest absolute Gasteiger partial charge is 0.322 e. The lowest BCUT2D eigenvalue weighted by molar-refractivity contribution is -0.384. The van der Waals surface area contributed by atoms with Gasteiger partial charge in [0, 0.05) is 28.3 Å². The number of aryl methyl sites for hydroxylation is 1. The molecule has 2 aromatic carbocycles. The van der Waals surface area contributed by atoms with E-state index >= 15 is 0 Å². The highest BCUT2D eigenvalue weighted by molar-refractivity contribution is 6.35. The lowest BCUT2D eigenvalue weighted by Gasteiger charge is -2.06. The Kier molecular flexibility index (Phi) is 5.36. The highest BCUT2D eigenvalue weighted by Gasteiger charge is 2.10. The van der Waals surface area contributed by atoms with Gasteiger partial charge in [0.25, 0.3) is 5.69 Å². The number of nitro groups is 1. The molecule has 0 aliphatic heterocycles. The van der Waals surface area contributed by atoms with E-state index in [1.807, 2.05) is 0 Å². The molecule has 0 spiro atoms. The van der Waals surface area contributed by atoms with Crippen molar-refractivity contribution >= 4 is 46.6 Å². The lowest BCUT2D eigenvalue weighted by Crippen LogP contribution is -2.09. The molecule has 2 rings (SSSR count). The summed E-state index contributed by atoms with van der Waals surface area (Å²) in [6.45, 7) is 1.75. The predicted molar refractivity (Wildman–Crippen MR) is 92.0 cm³/mol. The van der Waals surface area contributed by atoms with E-state index in [9.17, 15) is 14.9 Å². The number of carbonyl (C=O) groups excluding carboxylic acids is 1. The molecule has 0 aliphatic carbocycles. The number of anilines is 1. The van der Waals surface area contributed by atoms with Crippen molar-refractivity contribution in [2.24, 2.45) is 0 Å². The average molecular weight is 351 g/mol. The summed E-state index contributed by atoms with van der Waals surface area (Å²) in [6, 6.07) is 9.20. The number of hydrogen-bond donors (Lipinski definition) is 1. The van der Waals surface area contributed by atoms with E-state index < -0.39 is 10.8 Å². The van der Waals surface area contributed by atoms with Gasteiger partial charge in [-0.3, -0.25) is 14.9 Å². The Morgan fingerprint density at radius 2 is 1.96 bits per heavy atom. The summed E-state index contributed by atoms with van der Waals surface area (Å²) in [5.74, 6) is -0.417. The van der Waals surface area contributed by atoms with Crippen molar-refractivity contribution in [2.75, 3.05) is 5.32 Å². The van der Waals surface area contributed by atoms with Crippen LogP contribution in [0.1, 0.15) is 11.1 Å². The normalized spacial score (nSPS) is 10.7. The maximum Gasteiger partial charge on any atom is 0.271 e.